The molecule has 2 heteroatoms. The predicted octanol–water partition coefficient (Wildman–Crippen LogP) is 4.15. The van der Waals surface area contributed by atoms with Gasteiger partial charge < -0.3 is 9.88 Å². The molecule has 0 aliphatic heterocycles. The molecule has 108 valence electrons. The molecule has 2 aromatic rings. The molecular weight excluding hydrogens is 244 g/mol. The maximum absolute atomic E-state index is 4.14. The summed E-state index contributed by atoms with van der Waals surface area (Å²) in [6.07, 6.45) is 5.63. The van der Waals surface area contributed by atoms with Crippen LogP contribution in [-0.4, -0.2) is 17.7 Å². The Hall–Kier alpha value is -1.54. The summed E-state index contributed by atoms with van der Waals surface area (Å²) in [5.74, 6) is 0. The second kappa shape index (κ2) is 7.30. The number of nitrogens with one attached hydrogen (secondary N) is 1. The smallest absolute Gasteiger partial charge is 0.0486 e. The Morgan fingerprint density at radius 3 is 2.75 bits per heavy atom. The zero-order chi connectivity index (χ0) is 14.4. The number of nitrogens with zero attached hydrogens (tertiary/aromatic N) is 1. The van der Waals surface area contributed by atoms with Crippen LogP contribution in [0.5, 0.6) is 0 Å². The van der Waals surface area contributed by atoms with Gasteiger partial charge in [-0.05, 0) is 44.0 Å². The van der Waals surface area contributed by atoms with Gasteiger partial charge in [-0.1, -0.05) is 44.2 Å². The van der Waals surface area contributed by atoms with Gasteiger partial charge in [-0.3, -0.25) is 0 Å². The second-order valence-electron chi connectivity index (χ2n) is 5.40. The van der Waals surface area contributed by atoms with E-state index in [0.717, 1.165) is 32.5 Å². The van der Waals surface area contributed by atoms with Crippen LogP contribution in [0.1, 0.15) is 32.3 Å². The third kappa shape index (κ3) is 3.51. The Balaban J connectivity index is 2.19. The highest BCUT2D eigenvalue weighted by Gasteiger charge is 2.08. The van der Waals surface area contributed by atoms with E-state index in [-0.39, 0.29) is 0 Å². The number of hydrogen-bond donors (Lipinski definition) is 1. The molecule has 0 unspecified atom stereocenters. The minimum absolute atomic E-state index is 0.930. The minimum atomic E-state index is 0.930. The summed E-state index contributed by atoms with van der Waals surface area (Å²) >= 11 is 0. The van der Waals surface area contributed by atoms with Crippen LogP contribution in [-0.2, 0) is 13.0 Å². The third-order valence-electron chi connectivity index (χ3n) is 3.76. The number of fused-ring (bicyclic) bond motifs is 1. The summed E-state index contributed by atoms with van der Waals surface area (Å²) in [5.41, 5.74) is 4.04. The Morgan fingerprint density at radius 2 is 2.00 bits per heavy atom. The van der Waals surface area contributed by atoms with E-state index >= 15 is 0 Å². The molecule has 1 heterocycles. The van der Waals surface area contributed by atoms with E-state index in [4.69, 9.17) is 0 Å². The minimum Gasteiger partial charge on any atom is -0.343 e. The first-order chi connectivity index (χ1) is 9.76. The summed E-state index contributed by atoms with van der Waals surface area (Å²) < 4.78 is 2.34. The second-order valence-corrected chi connectivity index (χ2v) is 5.40. The highest BCUT2D eigenvalue weighted by atomic mass is 15.0. The van der Waals surface area contributed by atoms with Crippen molar-refractivity contribution in [2.45, 2.75) is 39.7 Å². The molecule has 0 bridgehead atoms. The monoisotopic (exact) mass is 270 g/mol. The Kier molecular flexibility index (Phi) is 5.42. The highest BCUT2D eigenvalue weighted by molar-refractivity contribution is 5.84. The van der Waals surface area contributed by atoms with Gasteiger partial charge in [0.15, 0.2) is 0 Å². The van der Waals surface area contributed by atoms with Crippen LogP contribution < -0.4 is 5.32 Å². The molecule has 2 nitrogen and oxygen atoms in total. The molecule has 0 atom stereocenters. The molecule has 0 fully saturated rings. The summed E-state index contributed by atoms with van der Waals surface area (Å²) in [7, 11) is 0. The maximum atomic E-state index is 4.14. The van der Waals surface area contributed by atoms with Gasteiger partial charge in [-0.25, -0.2) is 0 Å². The molecule has 0 spiro atoms. The molecular formula is C18H26N2. The normalized spacial score (nSPS) is 11.1. The maximum Gasteiger partial charge on any atom is 0.0486 e. The Bertz CT molecular complexity index is 566. The van der Waals surface area contributed by atoms with Gasteiger partial charge in [0, 0.05) is 23.6 Å². The number of rotatable bonds is 8. The Morgan fingerprint density at radius 1 is 1.20 bits per heavy atom. The molecule has 0 amide bonds. The fourth-order valence-corrected chi connectivity index (χ4v) is 2.53. The first-order valence-electron chi connectivity index (χ1n) is 7.70. The van der Waals surface area contributed by atoms with E-state index in [9.17, 15) is 0 Å². The van der Waals surface area contributed by atoms with E-state index in [1.807, 2.05) is 0 Å². The van der Waals surface area contributed by atoms with Crippen molar-refractivity contribution in [2.24, 2.45) is 0 Å². The van der Waals surface area contributed by atoms with Crippen LogP contribution in [0.15, 0.2) is 42.6 Å². The summed E-state index contributed by atoms with van der Waals surface area (Å²) in [6.45, 7) is 11.6. The van der Waals surface area contributed by atoms with Crippen molar-refractivity contribution < 1.29 is 0 Å². The average Bonchev–Trinajstić information content (AvgIpc) is 2.82. The van der Waals surface area contributed by atoms with Gasteiger partial charge in [0.05, 0.1) is 0 Å². The molecule has 0 aliphatic carbocycles. The molecule has 1 N–H and O–H groups in total. The lowest BCUT2D eigenvalue weighted by molar-refractivity contribution is 0.671. The van der Waals surface area contributed by atoms with E-state index in [0.29, 0.717) is 0 Å². The number of hydrogen-bond acceptors (Lipinski definition) is 1. The van der Waals surface area contributed by atoms with E-state index in [2.05, 4.69) is 60.8 Å². The molecule has 1 aromatic carbocycles. The van der Waals surface area contributed by atoms with E-state index in [1.165, 1.54) is 28.5 Å². The van der Waals surface area contributed by atoms with Crippen LogP contribution in [0.3, 0.4) is 0 Å². The van der Waals surface area contributed by atoms with Crippen molar-refractivity contribution in [1.29, 1.82) is 0 Å². The van der Waals surface area contributed by atoms with Gasteiger partial charge in [0.2, 0.25) is 0 Å². The molecule has 0 saturated heterocycles. The van der Waals surface area contributed by atoms with Crippen molar-refractivity contribution in [2.75, 3.05) is 13.1 Å². The fourth-order valence-electron chi connectivity index (χ4n) is 2.53. The first-order valence-corrected chi connectivity index (χ1v) is 7.70. The zero-order valence-electron chi connectivity index (χ0n) is 12.8. The quantitative estimate of drug-likeness (QED) is 0.563. The van der Waals surface area contributed by atoms with Gasteiger partial charge in [0.1, 0.15) is 0 Å². The van der Waals surface area contributed by atoms with Gasteiger partial charge in [0.25, 0.3) is 0 Å². The molecule has 0 radical (unpaired) electrons. The van der Waals surface area contributed by atoms with Crippen molar-refractivity contribution in [3.05, 3.63) is 48.2 Å². The number of benzene rings is 1. The van der Waals surface area contributed by atoms with Crippen LogP contribution in [0.2, 0.25) is 0 Å². The average molecular weight is 270 g/mol. The summed E-state index contributed by atoms with van der Waals surface area (Å²) in [6, 6.07) is 8.69. The molecule has 20 heavy (non-hydrogen) atoms. The fraction of sp³-hybridized carbons (Fsp3) is 0.444. The van der Waals surface area contributed by atoms with E-state index in [1.54, 1.807) is 0 Å². The van der Waals surface area contributed by atoms with Crippen molar-refractivity contribution >= 4 is 10.9 Å². The first kappa shape index (κ1) is 14.9. The van der Waals surface area contributed by atoms with Crippen molar-refractivity contribution in [1.82, 2.24) is 9.88 Å². The lowest BCUT2D eigenvalue weighted by atomic mass is 10.1. The molecule has 0 aliphatic rings. The van der Waals surface area contributed by atoms with Gasteiger partial charge in [-0.2, -0.15) is 0 Å². The standard InChI is InChI=1S/C18H26N2/c1-4-11-19-12-10-16-14-20(13-15(3)5-2)18-9-7-6-8-17(16)18/h6-9,14,19H,3-5,10-13H2,1-2H3. The number of aromatic nitrogens is 1. The number of para-hydroxylation sites is 1. The van der Waals surface area contributed by atoms with Gasteiger partial charge >= 0.3 is 0 Å². The molecule has 2 rings (SSSR count). The summed E-state index contributed by atoms with van der Waals surface area (Å²) in [4.78, 5) is 0. The highest BCUT2D eigenvalue weighted by Crippen LogP contribution is 2.22. The van der Waals surface area contributed by atoms with Crippen LogP contribution in [0.25, 0.3) is 10.9 Å². The molecule has 0 saturated carbocycles. The summed E-state index contributed by atoms with van der Waals surface area (Å²) in [5, 5.41) is 4.87. The Labute approximate surface area is 122 Å². The topological polar surface area (TPSA) is 17.0 Å². The lowest BCUT2D eigenvalue weighted by Crippen LogP contribution is -2.17. The molecule has 1 aromatic heterocycles. The zero-order valence-corrected chi connectivity index (χ0v) is 12.8. The number of allylic oxidation sites excluding steroid dienone is 1. The van der Waals surface area contributed by atoms with Crippen LogP contribution in [0, 0.1) is 0 Å². The predicted molar refractivity (Wildman–Crippen MR) is 88.2 cm³/mol. The van der Waals surface area contributed by atoms with E-state index < -0.39 is 0 Å². The lowest BCUT2D eigenvalue weighted by Gasteiger charge is -2.06. The van der Waals surface area contributed by atoms with Gasteiger partial charge in [-0.15, -0.1) is 0 Å². The third-order valence-corrected chi connectivity index (χ3v) is 3.76. The van der Waals surface area contributed by atoms with Crippen molar-refractivity contribution in [3.8, 4) is 0 Å². The SMILES string of the molecule is C=C(CC)Cn1cc(CCNCCC)c2ccccc21. The van der Waals surface area contributed by atoms with Crippen LogP contribution in [0.4, 0.5) is 0 Å². The van der Waals surface area contributed by atoms with Crippen molar-refractivity contribution in [3.63, 3.8) is 0 Å². The van der Waals surface area contributed by atoms with Crippen LogP contribution >= 0.6 is 0 Å². The largest absolute Gasteiger partial charge is 0.343 e.